The zero-order valence-corrected chi connectivity index (χ0v) is 20.3. The minimum absolute atomic E-state index is 0.0495. The van der Waals surface area contributed by atoms with Crippen molar-refractivity contribution in [3.8, 4) is 5.75 Å². The fourth-order valence-electron chi connectivity index (χ4n) is 3.65. The third kappa shape index (κ3) is 6.11. The molecule has 0 saturated carbocycles. The number of imidazole rings is 1. The maximum Gasteiger partial charge on any atom is 0.243 e. The number of ether oxygens (including phenoxy) is 1. The van der Waals surface area contributed by atoms with Gasteiger partial charge in [-0.15, -0.1) is 0 Å². The number of aromatic nitrogens is 2. The molecule has 0 unspecified atom stereocenters. The first kappa shape index (κ1) is 24.7. The van der Waals surface area contributed by atoms with Crippen molar-refractivity contribution >= 4 is 27.0 Å². The summed E-state index contributed by atoms with van der Waals surface area (Å²) in [6.07, 6.45) is 1.49. The molecule has 0 aliphatic carbocycles. The van der Waals surface area contributed by atoms with Gasteiger partial charge in [0.05, 0.1) is 22.5 Å². The molecule has 0 saturated heterocycles. The average molecular weight is 473 g/mol. The number of hydrogen-bond acceptors (Lipinski definition) is 5. The SMILES string of the molecule is CCN(CC)S(=O)(=O)c1ccc2c(c1)nc(CCC(=O)NCCCOc1ccccc1)n2C. The van der Waals surface area contributed by atoms with Gasteiger partial charge in [-0.1, -0.05) is 32.0 Å². The van der Waals surface area contributed by atoms with Gasteiger partial charge in [-0.05, 0) is 36.8 Å². The van der Waals surface area contributed by atoms with Crippen LogP contribution in [0.5, 0.6) is 5.75 Å². The first-order valence-corrected chi connectivity index (χ1v) is 12.7. The normalized spacial score (nSPS) is 11.8. The highest BCUT2D eigenvalue weighted by molar-refractivity contribution is 7.89. The van der Waals surface area contributed by atoms with Crippen LogP contribution >= 0.6 is 0 Å². The highest BCUT2D eigenvalue weighted by Crippen LogP contribution is 2.22. The van der Waals surface area contributed by atoms with Crippen LogP contribution in [-0.2, 0) is 28.3 Å². The number of hydrogen-bond donors (Lipinski definition) is 1. The summed E-state index contributed by atoms with van der Waals surface area (Å²) in [5.74, 6) is 1.51. The van der Waals surface area contributed by atoms with Gasteiger partial charge in [-0.3, -0.25) is 4.79 Å². The van der Waals surface area contributed by atoms with Gasteiger partial charge in [-0.2, -0.15) is 4.31 Å². The number of amides is 1. The van der Waals surface area contributed by atoms with Gasteiger partial charge in [0.2, 0.25) is 15.9 Å². The fourth-order valence-corrected chi connectivity index (χ4v) is 5.13. The van der Waals surface area contributed by atoms with E-state index in [9.17, 15) is 13.2 Å². The number of rotatable bonds is 12. The minimum atomic E-state index is -3.55. The van der Waals surface area contributed by atoms with Crippen molar-refractivity contribution in [2.24, 2.45) is 7.05 Å². The molecule has 1 heterocycles. The molecule has 3 aromatic rings. The van der Waals surface area contributed by atoms with Gasteiger partial charge in [0.15, 0.2) is 0 Å². The highest BCUT2D eigenvalue weighted by Gasteiger charge is 2.22. The fraction of sp³-hybridized carbons (Fsp3) is 0.417. The lowest BCUT2D eigenvalue weighted by molar-refractivity contribution is -0.121. The molecule has 0 fully saturated rings. The standard InChI is InChI=1S/C24H32N4O4S/c1-4-28(5-2)33(30,31)20-12-13-22-21(18-20)26-23(27(22)3)14-15-24(29)25-16-9-17-32-19-10-7-6-8-11-19/h6-8,10-13,18H,4-5,9,14-17H2,1-3H3,(H,25,29). The van der Waals surface area contributed by atoms with E-state index in [0.29, 0.717) is 44.6 Å². The summed E-state index contributed by atoms with van der Waals surface area (Å²) in [6, 6.07) is 14.6. The molecule has 0 aliphatic rings. The molecule has 1 aromatic heterocycles. The largest absolute Gasteiger partial charge is 0.494 e. The van der Waals surface area contributed by atoms with Crippen LogP contribution in [0.25, 0.3) is 11.0 Å². The number of carbonyl (C=O) groups is 1. The number of sulfonamides is 1. The van der Waals surface area contributed by atoms with E-state index in [0.717, 1.165) is 23.5 Å². The van der Waals surface area contributed by atoms with Gasteiger partial charge in [0.25, 0.3) is 0 Å². The predicted octanol–water partition coefficient (Wildman–Crippen LogP) is 3.12. The van der Waals surface area contributed by atoms with Gasteiger partial charge >= 0.3 is 0 Å². The number of nitrogens with one attached hydrogen (secondary N) is 1. The maximum atomic E-state index is 12.8. The maximum absolute atomic E-state index is 12.8. The topological polar surface area (TPSA) is 93.5 Å². The number of para-hydroxylation sites is 1. The van der Waals surface area contributed by atoms with Crippen LogP contribution in [0.4, 0.5) is 0 Å². The summed E-state index contributed by atoms with van der Waals surface area (Å²) in [7, 11) is -1.67. The minimum Gasteiger partial charge on any atom is -0.494 e. The Morgan fingerprint density at radius 1 is 1.12 bits per heavy atom. The zero-order chi connectivity index (χ0) is 23.8. The Kier molecular flexibility index (Phi) is 8.46. The lowest BCUT2D eigenvalue weighted by Gasteiger charge is -2.18. The Labute approximate surface area is 195 Å². The summed E-state index contributed by atoms with van der Waals surface area (Å²) in [5, 5.41) is 2.91. The Bertz CT molecular complexity index is 1170. The monoisotopic (exact) mass is 472 g/mol. The molecule has 0 atom stereocenters. The number of aryl methyl sites for hydroxylation is 2. The van der Waals surface area contributed by atoms with Crippen LogP contribution in [0.2, 0.25) is 0 Å². The molecular formula is C24H32N4O4S. The average Bonchev–Trinajstić information content (AvgIpc) is 3.13. The van der Waals surface area contributed by atoms with E-state index < -0.39 is 10.0 Å². The van der Waals surface area contributed by atoms with Crippen LogP contribution in [0.3, 0.4) is 0 Å². The van der Waals surface area contributed by atoms with E-state index in [4.69, 9.17) is 4.74 Å². The smallest absolute Gasteiger partial charge is 0.243 e. The molecule has 178 valence electrons. The Morgan fingerprint density at radius 2 is 1.85 bits per heavy atom. The second-order valence-electron chi connectivity index (χ2n) is 7.69. The van der Waals surface area contributed by atoms with Crippen LogP contribution < -0.4 is 10.1 Å². The first-order valence-electron chi connectivity index (χ1n) is 11.3. The third-order valence-corrected chi connectivity index (χ3v) is 7.56. The lowest BCUT2D eigenvalue weighted by atomic mass is 10.2. The van der Waals surface area contributed by atoms with E-state index in [1.54, 1.807) is 18.2 Å². The number of nitrogens with zero attached hydrogens (tertiary/aromatic N) is 3. The Hall–Kier alpha value is -2.91. The van der Waals surface area contributed by atoms with Gasteiger partial charge in [0, 0.05) is 39.5 Å². The van der Waals surface area contributed by atoms with E-state index in [2.05, 4.69) is 10.3 Å². The number of carbonyl (C=O) groups excluding carboxylic acids is 1. The summed E-state index contributed by atoms with van der Waals surface area (Å²) < 4.78 is 34.6. The molecule has 9 heteroatoms. The molecule has 8 nitrogen and oxygen atoms in total. The van der Waals surface area contributed by atoms with E-state index >= 15 is 0 Å². The molecule has 0 radical (unpaired) electrons. The molecule has 3 rings (SSSR count). The van der Waals surface area contributed by atoms with Crippen LogP contribution in [0.15, 0.2) is 53.4 Å². The van der Waals surface area contributed by atoms with Crippen molar-refractivity contribution in [2.45, 2.75) is 38.0 Å². The second-order valence-corrected chi connectivity index (χ2v) is 9.63. The van der Waals surface area contributed by atoms with Crippen LogP contribution in [-0.4, -0.2) is 54.4 Å². The van der Waals surface area contributed by atoms with Crippen LogP contribution in [0.1, 0.15) is 32.5 Å². The molecule has 0 aliphatic heterocycles. The number of fused-ring (bicyclic) bond motifs is 1. The Balaban J connectivity index is 1.53. The molecule has 0 bridgehead atoms. The molecule has 0 spiro atoms. The van der Waals surface area contributed by atoms with Gasteiger partial charge < -0.3 is 14.6 Å². The van der Waals surface area contributed by atoms with E-state index in [1.807, 2.05) is 55.8 Å². The molecule has 33 heavy (non-hydrogen) atoms. The summed E-state index contributed by atoms with van der Waals surface area (Å²) >= 11 is 0. The predicted molar refractivity (Wildman–Crippen MR) is 129 cm³/mol. The van der Waals surface area contributed by atoms with Crippen molar-refractivity contribution < 1.29 is 17.9 Å². The first-order chi connectivity index (χ1) is 15.9. The molecule has 1 amide bonds. The molecule has 2 aromatic carbocycles. The summed E-state index contributed by atoms with van der Waals surface area (Å²) in [5.41, 5.74) is 1.45. The van der Waals surface area contributed by atoms with Gasteiger partial charge in [-0.25, -0.2) is 13.4 Å². The summed E-state index contributed by atoms with van der Waals surface area (Å²) in [6.45, 7) is 5.55. The van der Waals surface area contributed by atoms with Crippen LogP contribution in [0, 0.1) is 0 Å². The molecule has 1 N–H and O–H groups in total. The van der Waals surface area contributed by atoms with E-state index in [1.165, 1.54) is 4.31 Å². The van der Waals surface area contributed by atoms with Gasteiger partial charge in [0.1, 0.15) is 11.6 Å². The molecular weight excluding hydrogens is 440 g/mol. The second kappa shape index (κ2) is 11.3. The summed E-state index contributed by atoms with van der Waals surface area (Å²) in [4.78, 5) is 17.1. The quantitative estimate of drug-likeness (QED) is 0.409. The zero-order valence-electron chi connectivity index (χ0n) is 19.5. The van der Waals surface area contributed by atoms with Crippen molar-refractivity contribution in [3.63, 3.8) is 0 Å². The highest BCUT2D eigenvalue weighted by atomic mass is 32.2. The van der Waals surface area contributed by atoms with Crippen molar-refractivity contribution in [1.29, 1.82) is 0 Å². The van der Waals surface area contributed by atoms with E-state index in [-0.39, 0.29) is 10.8 Å². The number of benzene rings is 2. The van der Waals surface area contributed by atoms with Crippen molar-refractivity contribution in [3.05, 3.63) is 54.4 Å². The third-order valence-electron chi connectivity index (χ3n) is 5.52. The Morgan fingerprint density at radius 3 is 2.55 bits per heavy atom. The van der Waals surface area contributed by atoms with Crippen molar-refractivity contribution in [1.82, 2.24) is 19.2 Å². The lowest BCUT2D eigenvalue weighted by Crippen LogP contribution is -2.30. The van der Waals surface area contributed by atoms with Crippen molar-refractivity contribution in [2.75, 3.05) is 26.2 Å².